The van der Waals surface area contributed by atoms with Crippen molar-refractivity contribution in [2.75, 3.05) is 20.7 Å². The number of nitro groups is 1. The van der Waals surface area contributed by atoms with Crippen LogP contribution in [0.3, 0.4) is 0 Å². The van der Waals surface area contributed by atoms with Crippen LogP contribution in [0.15, 0.2) is 30.5 Å². The van der Waals surface area contributed by atoms with Crippen molar-refractivity contribution in [3.8, 4) is 6.01 Å². The highest BCUT2D eigenvalue weighted by Crippen LogP contribution is 2.28. The molecule has 0 N–H and O–H groups in total. The van der Waals surface area contributed by atoms with Gasteiger partial charge in [-0.15, -0.1) is 5.10 Å². The second-order valence-electron chi connectivity index (χ2n) is 9.26. The van der Waals surface area contributed by atoms with E-state index in [1.807, 2.05) is 30.9 Å². The van der Waals surface area contributed by atoms with Crippen molar-refractivity contribution in [3.63, 3.8) is 0 Å². The Labute approximate surface area is 191 Å². The Bertz CT molecular complexity index is 1120. The lowest BCUT2D eigenvalue weighted by atomic mass is 10.0. The Hall–Kier alpha value is -3.38. The third-order valence-electron chi connectivity index (χ3n) is 5.38. The van der Waals surface area contributed by atoms with Gasteiger partial charge in [0.2, 0.25) is 0 Å². The van der Waals surface area contributed by atoms with Crippen LogP contribution in [-0.4, -0.2) is 66.4 Å². The van der Waals surface area contributed by atoms with Gasteiger partial charge in [0.1, 0.15) is 18.9 Å². The first-order valence-corrected chi connectivity index (χ1v) is 10.6. The van der Waals surface area contributed by atoms with Crippen LogP contribution in [0.4, 0.5) is 5.82 Å². The number of benzene rings is 1. The first-order chi connectivity index (χ1) is 15.6. The highest BCUT2D eigenvalue weighted by molar-refractivity contribution is 5.28. The summed E-state index contributed by atoms with van der Waals surface area (Å²) in [4.78, 5) is 16.3. The van der Waals surface area contributed by atoms with Gasteiger partial charge >= 0.3 is 11.8 Å². The molecule has 12 nitrogen and oxygen atoms in total. The summed E-state index contributed by atoms with van der Waals surface area (Å²) in [7, 11) is 4.00. The van der Waals surface area contributed by atoms with Crippen molar-refractivity contribution in [2.24, 2.45) is 0 Å². The summed E-state index contributed by atoms with van der Waals surface area (Å²) >= 11 is 0. The normalized spacial score (nSPS) is 17.0. The lowest BCUT2D eigenvalue weighted by Crippen LogP contribution is -2.32. The first kappa shape index (κ1) is 22.8. The van der Waals surface area contributed by atoms with Gasteiger partial charge in [-0.05, 0) is 61.3 Å². The first-order valence-electron chi connectivity index (χ1n) is 10.6. The van der Waals surface area contributed by atoms with Gasteiger partial charge in [-0.2, -0.15) is 0 Å². The SMILES string of the molecule is CN(C)C(c1ccc(CO[C@@H]2COc3nc([N+](=O)[O-])cn3C2)cc1)c1nnnn1C(C)(C)C. The molecule has 0 saturated heterocycles. The average molecular weight is 457 g/mol. The maximum atomic E-state index is 10.9. The van der Waals surface area contributed by atoms with Crippen LogP contribution in [0.1, 0.15) is 43.8 Å². The molecule has 3 heterocycles. The Balaban J connectivity index is 1.43. The molecular formula is C21H28N8O4. The molecule has 12 heteroatoms. The Morgan fingerprint density at radius 2 is 2.03 bits per heavy atom. The summed E-state index contributed by atoms with van der Waals surface area (Å²) in [6.45, 7) is 7.35. The molecule has 0 fully saturated rings. The molecule has 0 spiro atoms. The zero-order valence-electron chi connectivity index (χ0n) is 19.4. The number of nitrogens with zero attached hydrogens (tertiary/aromatic N) is 8. The second-order valence-corrected chi connectivity index (χ2v) is 9.26. The third-order valence-corrected chi connectivity index (χ3v) is 5.38. The molecule has 33 heavy (non-hydrogen) atoms. The monoisotopic (exact) mass is 456 g/mol. The zero-order chi connectivity index (χ0) is 23.8. The maximum Gasteiger partial charge on any atom is 0.414 e. The molecule has 0 bridgehead atoms. The van der Waals surface area contributed by atoms with Gasteiger partial charge < -0.3 is 19.6 Å². The molecule has 1 aliphatic rings. The van der Waals surface area contributed by atoms with E-state index in [2.05, 4.69) is 58.3 Å². The molecule has 0 aliphatic carbocycles. The quantitative estimate of drug-likeness (QED) is 0.388. The number of ether oxygens (including phenoxy) is 2. The Morgan fingerprint density at radius 1 is 1.30 bits per heavy atom. The van der Waals surface area contributed by atoms with Gasteiger partial charge in [0.15, 0.2) is 5.82 Å². The minimum atomic E-state index is -0.535. The van der Waals surface area contributed by atoms with E-state index in [-0.39, 0.29) is 29.5 Å². The van der Waals surface area contributed by atoms with E-state index in [1.54, 1.807) is 4.57 Å². The highest BCUT2D eigenvalue weighted by atomic mass is 16.6. The molecule has 0 amide bonds. The minimum absolute atomic E-state index is 0.101. The maximum absolute atomic E-state index is 10.9. The number of hydrogen-bond donors (Lipinski definition) is 0. The molecule has 0 radical (unpaired) electrons. The van der Waals surface area contributed by atoms with Crippen LogP contribution in [0.5, 0.6) is 6.01 Å². The fourth-order valence-electron chi connectivity index (χ4n) is 3.79. The molecule has 4 rings (SSSR count). The van der Waals surface area contributed by atoms with Gasteiger partial charge in [0.05, 0.1) is 24.7 Å². The smallest absolute Gasteiger partial charge is 0.414 e. The summed E-state index contributed by atoms with van der Waals surface area (Å²) in [5, 5.41) is 23.3. The van der Waals surface area contributed by atoms with Crippen molar-refractivity contribution in [1.29, 1.82) is 0 Å². The topological polar surface area (TPSA) is 126 Å². The third kappa shape index (κ3) is 4.86. The summed E-state index contributed by atoms with van der Waals surface area (Å²) in [5.74, 6) is 0.551. The van der Waals surface area contributed by atoms with Crippen molar-refractivity contribution in [2.45, 2.75) is 51.6 Å². The van der Waals surface area contributed by atoms with Gasteiger partial charge in [-0.3, -0.25) is 9.47 Å². The van der Waals surface area contributed by atoms with E-state index in [1.165, 1.54) is 6.20 Å². The van der Waals surface area contributed by atoms with Gasteiger partial charge in [-0.1, -0.05) is 24.3 Å². The molecule has 1 aliphatic heterocycles. The minimum Gasteiger partial charge on any atom is -0.443 e. The van der Waals surface area contributed by atoms with E-state index in [9.17, 15) is 10.1 Å². The van der Waals surface area contributed by atoms with Gasteiger partial charge in [0, 0.05) is 4.98 Å². The molecule has 176 valence electrons. The van der Waals surface area contributed by atoms with Crippen LogP contribution in [0, 0.1) is 10.1 Å². The second kappa shape index (κ2) is 8.87. The summed E-state index contributed by atoms with van der Waals surface area (Å²) in [5.41, 5.74) is 1.84. The Kier molecular flexibility index (Phi) is 6.13. The summed E-state index contributed by atoms with van der Waals surface area (Å²) < 4.78 is 15.0. The van der Waals surface area contributed by atoms with E-state index >= 15 is 0 Å². The summed E-state index contributed by atoms with van der Waals surface area (Å²) in [6.07, 6.45) is 1.14. The van der Waals surface area contributed by atoms with Crippen molar-refractivity contribution in [3.05, 3.63) is 57.5 Å². The van der Waals surface area contributed by atoms with Gasteiger partial charge in [-0.25, -0.2) is 4.68 Å². The number of tetrazole rings is 1. The molecule has 2 atom stereocenters. The lowest BCUT2D eigenvalue weighted by Gasteiger charge is -2.28. The summed E-state index contributed by atoms with van der Waals surface area (Å²) in [6, 6.07) is 8.30. The highest BCUT2D eigenvalue weighted by Gasteiger charge is 2.29. The molecule has 1 aromatic carbocycles. The van der Waals surface area contributed by atoms with E-state index in [0.717, 1.165) is 17.0 Å². The zero-order valence-corrected chi connectivity index (χ0v) is 19.4. The number of imidazole rings is 1. The van der Waals surface area contributed by atoms with Crippen LogP contribution in [0.25, 0.3) is 0 Å². The largest absolute Gasteiger partial charge is 0.443 e. The number of hydrogen-bond acceptors (Lipinski definition) is 9. The van der Waals surface area contributed by atoms with Crippen LogP contribution in [0.2, 0.25) is 0 Å². The van der Waals surface area contributed by atoms with E-state index in [4.69, 9.17) is 9.47 Å². The predicted octanol–water partition coefficient (Wildman–Crippen LogP) is 2.16. The molecule has 2 aromatic heterocycles. The van der Waals surface area contributed by atoms with Crippen molar-refractivity contribution < 1.29 is 14.4 Å². The van der Waals surface area contributed by atoms with Crippen molar-refractivity contribution >= 4 is 5.82 Å². The number of aromatic nitrogens is 6. The number of fused-ring (bicyclic) bond motifs is 1. The Morgan fingerprint density at radius 3 is 2.67 bits per heavy atom. The fourth-order valence-corrected chi connectivity index (χ4v) is 3.79. The van der Waals surface area contributed by atoms with Crippen LogP contribution in [-0.2, 0) is 23.4 Å². The van der Waals surface area contributed by atoms with E-state index in [0.29, 0.717) is 19.8 Å². The molecule has 3 aromatic rings. The molecular weight excluding hydrogens is 428 g/mol. The molecule has 0 saturated carbocycles. The van der Waals surface area contributed by atoms with Crippen LogP contribution >= 0.6 is 0 Å². The molecule has 1 unspecified atom stereocenters. The predicted molar refractivity (Wildman–Crippen MR) is 118 cm³/mol. The van der Waals surface area contributed by atoms with Crippen molar-refractivity contribution in [1.82, 2.24) is 34.7 Å². The fraction of sp³-hybridized carbons (Fsp3) is 0.524. The van der Waals surface area contributed by atoms with Gasteiger partial charge in [0.25, 0.3) is 0 Å². The standard InChI is InChI=1S/C21H28N8O4/c1-21(2,3)28-19(23-24-25-28)18(26(4)5)15-8-6-14(7-9-15)12-32-16-10-27-11-17(29(30)31)22-20(27)33-13-16/h6-9,11,16,18H,10,12-13H2,1-5H3/t16-,18?/m0/s1. The van der Waals surface area contributed by atoms with Crippen LogP contribution < -0.4 is 4.74 Å². The number of rotatable bonds is 7. The lowest BCUT2D eigenvalue weighted by molar-refractivity contribution is -0.389. The average Bonchev–Trinajstić information content (AvgIpc) is 3.40. The van der Waals surface area contributed by atoms with E-state index < -0.39 is 4.92 Å².